The van der Waals surface area contributed by atoms with Crippen molar-refractivity contribution in [1.29, 1.82) is 0 Å². The largest absolute Gasteiger partial charge is 1.00 e. The van der Waals surface area contributed by atoms with Gasteiger partial charge < -0.3 is 12.4 Å². The molecule has 0 radical (unpaired) electrons. The lowest BCUT2D eigenvalue weighted by Gasteiger charge is -2.19. The van der Waals surface area contributed by atoms with Crippen LogP contribution in [0.15, 0.2) is 121 Å². The van der Waals surface area contributed by atoms with Crippen LogP contribution in [0.2, 0.25) is 0 Å². The summed E-state index contributed by atoms with van der Waals surface area (Å²) in [6, 6.07) is 35.3. The number of pyridine rings is 1. The van der Waals surface area contributed by atoms with Gasteiger partial charge in [0.25, 0.3) is 0 Å². The molecule has 0 amide bonds. The molecule has 0 aliphatic carbocycles. The molecule has 0 aliphatic rings. The maximum absolute atomic E-state index is 4.77. The minimum Gasteiger partial charge on any atom is -1.00 e. The smallest absolute Gasteiger partial charge is 0.173 e. The highest BCUT2D eigenvalue weighted by Gasteiger charge is 2.06. The van der Waals surface area contributed by atoms with Gasteiger partial charge in [-0.25, -0.2) is 4.57 Å². The lowest BCUT2D eigenvalue weighted by molar-refractivity contribution is -0.688. The van der Waals surface area contributed by atoms with Gasteiger partial charge >= 0.3 is 0 Å². The molecule has 0 aliphatic heterocycles. The molecule has 0 saturated carbocycles. The van der Waals surface area contributed by atoms with E-state index in [0.717, 1.165) is 24.3 Å². The van der Waals surface area contributed by atoms with E-state index in [1.54, 1.807) is 0 Å². The third-order valence-electron chi connectivity index (χ3n) is 4.70. The van der Waals surface area contributed by atoms with Crippen LogP contribution in [-0.2, 0) is 13.1 Å². The van der Waals surface area contributed by atoms with E-state index < -0.39 is 0 Å². The maximum atomic E-state index is 4.77. The van der Waals surface area contributed by atoms with Gasteiger partial charge in [-0.2, -0.15) is 5.10 Å². The van der Waals surface area contributed by atoms with E-state index in [9.17, 15) is 0 Å². The second kappa shape index (κ2) is 10.9. The predicted octanol–water partition coefficient (Wildman–Crippen LogP) is 2.07. The topological polar surface area (TPSA) is 19.5 Å². The number of aromatic nitrogens is 1. The van der Waals surface area contributed by atoms with Crippen molar-refractivity contribution >= 4 is 11.9 Å². The van der Waals surface area contributed by atoms with Gasteiger partial charge in [0.2, 0.25) is 0 Å². The number of para-hydroxylation sites is 1. The van der Waals surface area contributed by atoms with E-state index in [1.807, 2.05) is 41.6 Å². The van der Waals surface area contributed by atoms with Crippen molar-refractivity contribution in [1.82, 2.24) is 0 Å². The molecule has 4 rings (SSSR count). The van der Waals surface area contributed by atoms with Crippen LogP contribution >= 0.6 is 0 Å². The summed E-state index contributed by atoms with van der Waals surface area (Å²) in [4.78, 5) is 0. The van der Waals surface area contributed by atoms with Crippen molar-refractivity contribution in [2.24, 2.45) is 5.10 Å². The van der Waals surface area contributed by atoms with E-state index in [2.05, 4.69) is 89.8 Å². The van der Waals surface area contributed by atoms with Gasteiger partial charge in [-0.05, 0) is 17.7 Å². The summed E-state index contributed by atoms with van der Waals surface area (Å²) in [5.74, 6) is 0. The van der Waals surface area contributed by atoms with Gasteiger partial charge in [0, 0.05) is 23.3 Å². The molecule has 0 atom stereocenters. The molecular formula is C26H24ClN3. The standard InChI is InChI=1S/C26H24N3.ClH/c1-4-10-24(11-5-1)21-28-18-16-23(17-19-28)20-27-29(26-14-8-3-9-15-26)22-25-12-6-2-7-13-25;/h1-20H,21-22H2;1H/q+1;/p-1. The minimum absolute atomic E-state index is 0. The number of hydrogen-bond donors (Lipinski definition) is 0. The SMILES string of the molecule is C(=N\N(Cc1ccccc1)c1ccccc1)/c1cc[n+](Cc2ccccc2)cc1.[Cl-]. The average molecular weight is 414 g/mol. The van der Waals surface area contributed by atoms with Crippen LogP contribution in [0.4, 0.5) is 5.69 Å². The first-order valence-electron chi connectivity index (χ1n) is 9.80. The highest BCUT2D eigenvalue weighted by atomic mass is 35.5. The quantitative estimate of drug-likeness (QED) is 0.258. The van der Waals surface area contributed by atoms with E-state index in [-0.39, 0.29) is 12.4 Å². The van der Waals surface area contributed by atoms with Gasteiger partial charge in [0.1, 0.15) is 0 Å². The Hall–Kier alpha value is -3.43. The van der Waals surface area contributed by atoms with Crippen molar-refractivity contribution < 1.29 is 17.0 Å². The predicted molar refractivity (Wildman–Crippen MR) is 119 cm³/mol. The Bertz CT molecular complexity index is 1030. The normalized spacial score (nSPS) is 10.5. The minimum atomic E-state index is 0. The molecule has 1 heterocycles. The van der Waals surface area contributed by atoms with Gasteiger partial charge in [-0.3, -0.25) is 5.01 Å². The lowest BCUT2D eigenvalue weighted by Crippen LogP contribution is -3.00. The number of nitrogens with zero attached hydrogens (tertiary/aromatic N) is 3. The fourth-order valence-electron chi connectivity index (χ4n) is 3.15. The fraction of sp³-hybridized carbons (Fsp3) is 0.0769. The van der Waals surface area contributed by atoms with Crippen LogP contribution in [0.5, 0.6) is 0 Å². The van der Waals surface area contributed by atoms with Crippen LogP contribution in [0.1, 0.15) is 16.7 Å². The highest BCUT2D eigenvalue weighted by molar-refractivity contribution is 5.79. The van der Waals surface area contributed by atoms with Crippen molar-refractivity contribution in [3.8, 4) is 0 Å². The molecule has 150 valence electrons. The second-order valence-electron chi connectivity index (χ2n) is 6.91. The molecule has 0 N–H and O–H groups in total. The van der Waals surface area contributed by atoms with Crippen LogP contribution in [0.25, 0.3) is 0 Å². The van der Waals surface area contributed by atoms with Gasteiger partial charge in [-0.1, -0.05) is 78.9 Å². The number of anilines is 1. The van der Waals surface area contributed by atoms with Crippen LogP contribution in [0.3, 0.4) is 0 Å². The second-order valence-corrected chi connectivity index (χ2v) is 6.91. The average Bonchev–Trinajstić information content (AvgIpc) is 2.79. The fourth-order valence-corrected chi connectivity index (χ4v) is 3.15. The summed E-state index contributed by atoms with van der Waals surface area (Å²) in [6.45, 7) is 1.59. The molecule has 1 aromatic heterocycles. The zero-order valence-electron chi connectivity index (χ0n) is 16.7. The van der Waals surface area contributed by atoms with Crippen molar-refractivity contribution in [3.63, 3.8) is 0 Å². The van der Waals surface area contributed by atoms with E-state index in [4.69, 9.17) is 5.10 Å². The number of hydrogen-bond acceptors (Lipinski definition) is 2. The van der Waals surface area contributed by atoms with E-state index >= 15 is 0 Å². The Labute approximate surface area is 184 Å². The molecule has 4 aromatic rings. The molecule has 3 nitrogen and oxygen atoms in total. The molecule has 30 heavy (non-hydrogen) atoms. The van der Waals surface area contributed by atoms with E-state index in [1.165, 1.54) is 11.1 Å². The number of benzene rings is 3. The Morgan fingerprint density at radius 3 is 1.80 bits per heavy atom. The molecule has 0 fully saturated rings. The first-order valence-corrected chi connectivity index (χ1v) is 9.80. The maximum Gasteiger partial charge on any atom is 0.173 e. The lowest BCUT2D eigenvalue weighted by atomic mass is 10.2. The summed E-state index contributed by atoms with van der Waals surface area (Å²) in [5, 5.41) is 6.80. The van der Waals surface area contributed by atoms with Crippen molar-refractivity contribution in [2.45, 2.75) is 13.1 Å². The Morgan fingerprint density at radius 2 is 1.20 bits per heavy atom. The van der Waals surface area contributed by atoms with Crippen molar-refractivity contribution in [3.05, 3.63) is 132 Å². The summed E-state index contributed by atoms with van der Waals surface area (Å²) in [6.07, 6.45) is 6.11. The number of halogens is 1. The summed E-state index contributed by atoms with van der Waals surface area (Å²) < 4.78 is 2.17. The number of rotatable bonds is 7. The molecule has 4 heteroatoms. The zero-order chi connectivity index (χ0) is 19.7. The van der Waals surface area contributed by atoms with Crippen LogP contribution in [-0.4, -0.2) is 6.21 Å². The zero-order valence-corrected chi connectivity index (χ0v) is 17.4. The van der Waals surface area contributed by atoms with Crippen LogP contribution in [0, 0.1) is 0 Å². The van der Waals surface area contributed by atoms with Gasteiger partial charge in [-0.15, -0.1) is 0 Å². The number of hydrazone groups is 1. The molecule has 0 bridgehead atoms. The summed E-state index contributed by atoms with van der Waals surface area (Å²) in [7, 11) is 0. The summed E-state index contributed by atoms with van der Waals surface area (Å²) in [5.41, 5.74) is 4.66. The molecule has 0 spiro atoms. The molecular weight excluding hydrogens is 390 g/mol. The first-order chi connectivity index (χ1) is 14.4. The van der Waals surface area contributed by atoms with Gasteiger partial charge in [0.05, 0.1) is 18.4 Å². The molecule has 0 unspecified atom stereocenters. The Morgan fingerprint density at radius 1 is 0.667 bits per heavy atom. The highest BCUT2D eigenvalue weighted by Crippen LogP contribution is 2.17. The Balaban J connectivity index is 0.00000256. The third kappa shape index (κ3) is 6.03. The van der Waals surface area contributed by atoms with Crippen molar-refractivity contribution in [2.75, 3.05) is 5.01 Å². The summed E-state index contributed by atoms with van der Waals surface area (Å²) >= 11 is 0. The Kier molecular flexibility index (Phi) is 7.76. The molecule has 0 saturated heterocycles. The third-order valence-corrected chi connectivity index (χ3v) is 4.70. The van der Waals surface area contributed by atoms with Gasteiger partial charge in [0.15, 0.2) is 18.9 Å². The monoisotopic (exact) mass is 413 g/mol. The first kappa shape index (κ1) is 21.3. The molecule has 3 aromatic carbocycles. The van der Waals surface area contributed by atoms with Crippen LogP contribution < -0.4 is 22.0 Å². The van der Waals surface area contributed by atoms with E-state index in [0.29, 0.717) is 0 Å².